The molecule has 1 aliphatic heterocycles. The number of hydrogen-bond acceptors (Lipinski definition) is 2. The number of rotatable bonds is 4. The van der Waals surface area contributed by atoms with Gasteiger partial charge in [-0.3, -0.25) is 0 Å². The summed E-state index contributed by atoms with van der Waals surface area (Å²) in [6, 6.07) is 13.1. The van der Waals surface area contributed by atoms with E-state index in [2.05, 4.69) is 48.0 Å². The fourth-order valence-electron chi connectivity index (χ4n) is 3.86. The third-order valence-corrected chi connectivity index (χ3v) is 6.27. The maximum atomic E-state index is 13.0. The summed E-state index contributed by atoms with van der Waals surface area (Å²) in [5, 5.41) is 5.50. The highest BCUT2D eigenvalue weighted by Gasteiger charge is 2.36. The Morgan fingerprint density at radius 3 is 2.79 bits per heavy atom. The Morgan fingerprint density at radius 1 is 1.29 bits per heavy atom. The van der Waals surface area contributed by atoms with Crippen LogP contribution in [0.3, 0.4) is 0 Å². The van der Waals surface area contributed by atoms with Crippen LogP contribution in [0.5, 0.6) is 0 Å². The predicted octanol–water partition coefficient (Wildman–Crippen LogP) is 4.92. The van der Waals surface area contributed by atoms with Crippen LogP contribution in [0.2, 0.25) is 0 Å². The van der Waals surface area contributed by atoms with E-state index >= 15 is 0 Å². The van der Waals surface area contributed by atoms with Crippen LogP contribution in [-0.4, -0.2) is 17.5 Å². The van der Waals surface area contributed by atoms with Crippen LogP contribution in [0, 0.1) is 5.92 Å². The van der Waals surface area contributed by atoms with Crippen LogP contribution in [-0.2, 0) is 6.42 Å². The highest BCUT2D eigenvalue weighted by molar-refractivity contribution is 7.10. The molecule has 4 heteroatoms. The molecule has 2 aromatic rings. The number of thiophene rings is 1. The summed E-state index contributed by atoms with van der Waals surface area (Å²) >= 11 is 1.83. The van der Waals surface area contributed by atoms with Crippen molar-refractivity contribution in [2.75, 3.05) is 6.54 Å². The maximum absolute atomic E-state index is 13.0. The van der Waals surface area contributed by atoms with Gasteiger partial charge in [0.05, 0.1) is 12.1 Å². The minimum Gasteiger partial charge on any atom is -0.331 e. The Labute approximate surface area is 147 Å². The van der Waals surface area contributed by atoms with E-state index in [9.17, 15) is 4.79 Å². The fraction of sp³-hybridized carbons (Fsp3) is 0.450. The highest BCUT2D eigenvalue weighted by Crippen LogP contribution is 2.41. The van der Waals surface area contributed by atoms with Crippen LogP contribution in [0.4, 0.5) is 4.79 Å². The first-order valence-corrected chi connectivity index (χ1v) is 9.84. The molecule has 0 bridgehead atoms. The van der Waals surface area contributed by atoms with E-state index in [0.717, 1.165) is 19.4 Å². The number of carbonyl (C=O) groups is 1. The first-order valence-electron chi connectivity index (χ1n) is 8.96. The lowest BCUT2D eigenvalue weighted by Gasteiger charge is -2.36. The Morgan fingerprint density at radius 2 is 2.08 bits per heavy atom. The van der Waals surface area contributed by atoms with Crippen LogP contribution >= 0.6 is 11.3 Å². The Balaban J connectivity index is 1.53. The summed E-state index contributed by atoms with van der Waals surface area (Å²) in [4.78, 5) is 16.5. The van der Waals surface area contributed by atoms with Crippen LogP contribution in [0.15, 0.2) is 41.8 Å². The molecule has 2 heterocycles. The molecular weight excluding hydrogens is 316 g/mol. The van der Waals surface area contributed by atoms with Gasteiger partial charge in [0.15, 0.2) is 0 Å². The van der Waals surface area contributed by atoms with Crippen molar-refractivity contribution < 1.29 is 4.79 Å². The number of nitrogens with zero attached hydrogens (tertiary/aromatic N) is 1. The van der Waals surface area contributed by atoms with E-state index in [0.29, 0.717) is 5.92 Å². The zero-order valence-electron chi connectivity index (χ0n) is 14.1. The second kappa shape index (κ2) is 6.60. The van der Waals surface area contributed by atoms with Gasteiger partial charge in [-0.1, -0.05) is 37.3 Å². The largest absolute Gasteiger partial charge is 0.331 e. The molecule has 2 aliphatic rings. The van der Waals surface area contributed by atoms with E-state index in [1.165, 1.54) is 28.8 Å². The van der Waals surface area contributed by atoms with Gasteiger partial charge in [-0.2, -0.15) is 0 Å². The van der Waals surface area contributed by atoms with E-state index in [1.807, 2.05) is 22.3 Å². The monoisotopic (exact) mass is 340 g/mol. The molecule has 3 nitrogen and oxygen atoms in total. The summed E-state index contributed by atoms with van der Waals surface area (Å²) in [6.45, 7) is 3.00. The molecule has 4 rings (SSSR count). The molecular formula is C20H24N2OS. The van der Waals surface area contributed by atoms with Crippen molar-refractivity contribution >= 4 is 17.4 Å². The fourth-order valence-corrected chi connectivity index (χ4v) is 4.79. The van der Waals surface area contributed by atoms with E-state index in [1.54, 1.807) is 0 Å². The summed E-state index contributed by atoms with van der Waals surface area (Å²) in [5.74, 6) is 0.595. The number of fused-ring (bicyclic) bond motifs is 1. The van der Waals surface area contributed by atoms with Crippen molar-refractivity contribution in [3.63, 3.8) is 0 Å². The third kappa shape index (κ3) is 2.95. The zero-order chi connectivity index (χ0) is 16.5. The maximum Gasteiger partial charge on any atom is 0.318 e. The molecule has 1 fully saturated rings. The van der Waals surface area contributed by atoms with Crippen LogP contribution in [0.1, 0.15) is 54.3 Å². The number of urea groups is 1. The van der Waals surface area contributed by atoms with Gasteiger partial charge in [0.1, 0.15) is 0 Å². The van der Waals surface area contributed by atoms with Gasteiger partial charge in [-0.25, -0.2) is 4.79 Å². The van der Waals surface area contributed by atoms with Gasteiger partial charge >= 0.3 is 6.03 Å². The number of nitrogens with one attached hydrogen (secondary N) is 1. The van der Waals surface area contributed by atoms with Crippen molar-refractivity contribution in [3.8, 4) is 0 Å². The molecule has 1 aliphatic carbocycles. The molecule has 1 aromatic heterocycles. The lowest BCUT2D eigenvalue weighted by molar-refractivity contribution is 0.163. The molecule has 2 amide bonds. The Bertz CT molecular complexity index is 707. The van der Waals surface area contributed by atoms with Crippen molar-refractivity contribution in [3.05, 3.63) is 57.8 Å². The lowest BCUT2D eigenvalue weighted by Crippen LogP contribution is -2.46. The normalized spacial score (nSPS) is 21.2. The summed E-state index contributed by atoms with van der Waals surface area (Å²) in [6.07, 6.45) is 4.38. The molecule has 1 aromatic carbocycles. The van der Waals surface area contributed by atoms with Gasteiger partial charge in [0.25, 0.3) is 0 Å². The van der Waals surface area contributed by atoms with Gasteiger partial charge in [0, 0.05) is 11.4 Å². The molecule has 1 N–H and O–H groups in total. The van der Waals surface area contributed by atoms with Crippen molar-refractivity contribution in [1.82, 2.24) is 10.2 Å². The van der Waals surface area contributed by atoms with Gasteiger partial charge in [-0.15, -0.1) is 11.3 Å². The average Bonchev–Trinajstić information content (AvgIpc) is 3.35. The molecule has 0 radical (unpaired) electrons. The van der Waals surface area contributed by atoms with Gasteiger partial charge in [-0.05, 0) is 54.2 Å². The smallest absolute Gasteiger partial charge is 0.318 e. The number of amides is 2. The predicted molar refractivity (Wildman–Crippen MR) is 98.2 cm³/mol. The Kier molecular flexibility index (Phi) is 4.31. The van der Waals surface area contributed by atoms with Crippen molar-refractivity contribution in [1.29, 1.82) is 0 Å². The van der Waals surface area contributed by atoms with E-state index < -0.39 is 0 Å². The molecule has 126 valence electrons. The molecule has 2 unspecified atom stereocenters. The van der Waals surface area contributed by atoms with Crippen molar-refractivity contribution in [2.24, 2.45) is 5.92 Å². The Hall–Kier alpha value is -1.81. The SMILES string of the molecule is CCC1c2ccsc2CCN1C(=O)NC(c1ccccc1)C1CC1. The average molecular weight is 340 g/mol. The first-order chi connectivity index (χ1) is 11.8. The highest BCUT2D eigenvalue weighted by atomic mass is 32.1. The minimum absolute atomic E-state index is 0.0967. The second-order valence-corrected chi connectivity index (χ2v) is 7.84. The van der Waals surface area contributed by atoms with E-state index in [-0.39, 0.29) is 18.1 Å². The summed E-state index contributed by atoms with van der Waals surface area (Å²) < 4.78 is 0. The quantitative estimate of drug-likeness (QED) is 0.842. The molecule has 0 spiro atoms. The van der Waals surface area contributed by atoms with Gasteiger partial charge < -0.3 is 10.2 Å². The van der Waals surface area contributed by atoms with Crippen molar-refractivity contribution in [2.45, 2.75) is 44.7 Å². The number of carbonyl (C=O) groups excluding carboxylic acids is 1. The standard InChI is InChI=1S/C20H24N2OS/c1-2-17-16-11-13-24-18(16)10-12-22(17)20(23)21-19(15-8-9-15)14-6-4-3-5-7-14/h3-7,11,13,15,17,19H,2,8-10,12H2,1H3,(H,21,23). The zero-order valence-corrected chi connectivity index (χ0v) is 14.9. The van der Waals surface area contributed by atoms with E-state index in [4.69, 9.17) is 0 Å². The molecule has 24 heavy (non-hydrogen) atoms. The third-order valence-electron chi connectivity index (χ3n) is 5.27. The topological polar surface area (TPSA) is 32.3 Å². The van der Waals surface area contributed by atoms with Crippen LogP contribution < -0.4 is 5.32 Å². The molecule has 0 saturated heterocycles. The molecule has 1 saturated carbocycles. The van der Waals surface area contributed by atoms with Gasteiger partial charge in [0.2, 0.25) is 0 Å². The number of benzene rings is 1. The summed E-state index contributed by atoms with van der Waals surface area (Å²) in [5.41, 5.74) is 2.58. The number of hydrogen-bond donors (Lipinski definition) is 1. The first kappa shape index (κ1) is 15.7. The summed E-state index contributed by atoms with van der Waals surface area (Å²) in [7, 11) is 0. The second-order valence-electron chi connectivity index (χ2n) is 6.84. The minimum atomic E-state index is 0.0967. The van der Waals surface area contributed by atoms with Crippen LogP contribution in [0.25, 0.3) is 0 Å². The lowest BCUT2D eigenvalue weighted by atomic mass is 9.98. The molecule has 2 atom stereocenters.